The molecule has 1 heterocycles. The molecule has 0 aliphatic heterocycles. The van der Waals surface area contributed by atoms with Gasteiger partial charge in [0.25, 0.3) is 12.4 Å². The van der Waals surface area contributed by atoms with E-state index in [2.05, 4.69) is 4.98 Å². The molecule has 178 valence electrons. The quantitative estimate of drug-likeness (QED) is 0.476. The van der Waals surface area contributed by atoms with Gasteiger partial charge in [0, 0.05) is 26.1 Å². The second-order valence-electron chi connectivity index (χ2n) is 8.38. The maximum absolute atomic E-state index is 14.7. The molecule has 0 spiro atoms. The van der Waals surface area contributed by atoms with Gasteiger partial charge in [-0.3, -0.25) is 4.57 Å². The number of aryl methyl sites for hydroxylation is 1. The monoisotopic (exact) mass is 460 g/mol. The molecule has 0 amide bonds. The lowest BCUT2D eigenvalue weighted by Gasteiger charge is -2.29. The van der Waals surface area contributed by atoms with E-state index in [4.69, 9.17) is 14.2 Å². The van der Waals surface area contributed by atoms with Crippen LogP contribution in [-0.4, -0.2) is 47.2 Å². The molecule has 1 aliphatic rings. The number of ketones is 1. The minimum absolute atomic E-state index is 0.0447. The molecule has 3 rings (SSSR count). The van der Waals surface area contributed by atoms with Crippen molar-refractivity contribution < 1.29 is 36.6 Å². The highest BCUT2D eigenvalue weighted by molar-refractivity contribution is 5.80. The Bertz CT molecular complexity index is 942. The normalized spacial score (nSPS) is 20.0. The first kappa shape index (κ1) is 24.3. The summed E-state index contributed by atoms with van der Waals surface area (Å²) in [5, 5.41) is 0. The van der Waals surface area contributed by atoms with E-state index in [0.29, 0.717) is 31.9 Å². The Hall–Kier alpha value is -2.36. The number of carbonyl (C=O) groups excluding carboxylic acids is 1. The van der Waals surface area contributed by atoms with Crippen molar-refractivity contribution in [3.63, 3.8) is 0 Å². The molecule has 1 fully saturated rings. The number of aromatic nitrogens is 2. The van der Waals surface area contributed by atoms with Gasteiger partial charge in [-0.1, -0.05) is 6.92 Å². The van der Waals surface area contributed by atoms with E-state index in [0.717, 1.165) is 12.8 Å². The number of benzene rings is 1. The molecular weight excluding hydrogens is 432 g/mol. The van der Waals surface area contributed by atoms with Gasteiger partial charge in [0.1, 0.15) is 29.5 Å². The van der Waals surface area contributed by atoms with Gasteiger partial charge >= 0.3 is 0 Å². The lowest BCUT2D eigenvalue weighted by atomic mass is 9.95. The number of imidazole rings is 1. The van der Waals surface area contributed by atoms with Crippen LogP contribution >= 0.6 is 0 Å². The number of Topliss-reactive ketones (excluding diaryl/α,β-unsaturated/α-hetero) is 1. The molecule has 2 aromatic rings. The molecule has 32 heavy (non-hydrogen) atoms. The summed E-state index contributed by atoms with van der Waals surface area (Å²) in [5.41, 5.74) is -0.457. The van der Waals surface area contributed by atoms with Crippen molar-refractivity contribution in [1.82, 2.24) is 9.55 Å². The van der Waals surface area contributed by atoms with Crippen LogP contribution in [0, 0.1) is 17.6 Å². The third kappa shape index (κ3) is 5.90. The van der Waals surface area contributed by atoms with E-state index in [1.54, 1.807) is 6.92 Å². The van der Waals surface area contributed by atoms with Gasteiger partial charge in [-0.2, -0.15) is 4.98 Å². The van der Waals surface area contributed by atoms with Crippen LogP contribution in [0.5, 0.6) is 11.8 Å². The predicted molar refractivity (Wildman–Crippen MR) is 109 cm³/mol. The number of halogens is 4. The molecule has 1 aromatic heterocycles. The Kier molecular flexibility index (Phi) is 7.97. The summed E-state index contributed by atoms with van der Waals surface area (Å²) >= 11 is 0. The van der Waals surface area contributed by atoms with Gasteiger partial charge in [-0.25, -0.2) is 17.6 Å². The second-order valence-corrected chi connectivity index (χ2v) is 8.38. The molecule has 0 unspecified atom stereocenters. The zero-order chi connectivity index (χ0) is 23.4. The maximum atomic E-state index is 14.7. The van der Waals surface area contributed by atoms with Crippen molar-refractivity contribution in [2.75, 3.05) is 13.2 Å². The van der Waals surface area contributed by atoms with Gasteiger partial charge in [-0.05, 0) is 38.5 Å². The van der Waals surface area contributed by atoms with Crippen molar-refractivity contribution in [3.05, 3.63) is 17.7 Å². The molecule has 10 heteroatoms. The number of ether oxygens (including phenoxy) is 3. The topological polar surface area (TPSA) is 62.6 Å². The Morgan fingerprint density at radius 2 is 1.84 bits per heavy atom. The summed E-state index contributed by atoms with van der Waals surface area (Å²) in [6.45, 7) is 3.02. The Balaban J connectivity index is 1.62. The number of fused-ring (bicyclic) bond motifs is 1. The second kappa shape index (κ2) is 10.5. The molecule has 0 bridgehead atoms. The number of rotatable bonds is 10. The molecule has 0 radical (unpaired) electrons. The van der Waals surface area contributed by atoms with Gasteiger partial charge < -0.3 is 19.0 Å². The zero-order valence-electron chi connectivity index (χ0n) is 18.4. The lowest BCUT2D eigenvalue weighted by molar-refractivity contribution is -0.118. The number of hydrogen-bond donors (Lipinski definition) is 0. The van der Waals surface area contributed by atoms with Crippen molar-refractivity contribution in [2.45, 2.75) is 64.6 Å². The summed E-state index contributed by atoms with van der Waals surface area (Å²) < 4.78 is 71.7. The first-order valence-electron chi connectivity index (χ1n) is 10.7. The largest absolute Gasteiger partial charge is 0.484 e. The van der Waals surface area contributed by atoms with Crippen LogP contribution in [0.25, 0.3) is 11.0 Å². The molecule has 0 saturated heterocycles. The molecule has 6 nitrogen and oxygen atoms in total. The average Bonchev–Trinajstić information content (AvgIpc) is 3.05. The highest BCUT2D eigenvalue weighted by Gasteiger charge is 2.27. The van der Waals surface area contributed by atoms with Gasteiger partial charge in [0.05, 0.1) is 6.10 Å². The van der Waals surface area contributed by atoms with Crippen LogP contribution in [-0.2, 0) is 16.6 Å². The minimum Gasteiger partial charge on any atom is -0.484 e. The fourth-order valence-electron chi connectivity index (χ4n) is 3.94. The fourth-order valence-corrected chi connectivity index (χ4v) is 3.94. The lowest BCUT2D eigenvalue weighted by Crippen LogP contribution is -2.30. The maximum Gasteiger partial charge on any atom is 0.297 e. The summed E-state index contributed by atoms with van der Waals surface area (Å²) in [7, 11) is 1.47. The highest BCUT2D eigenvalue weighted by Crippen LogP contribution is 2.33. The Labute approximate surface area is 183 Å². The third-order valence-electron chi connectivity index (χ3n) is 5.47. The van der Waals surface area contributed by atoms with Crippen molar-refractivity contribution >= 4 is 16.8 Å². The van der Waals surface area contributed by atoms with Gasteiger partial charge in [-0.15, -0.1) is 0 Å². The summed E-state index contributed by atoms with van der Waals surface area (Å²) in [5.74, 6) is -2.14. The smallest absolute Gasteiger partial charge is 0.297 e. The van der Waals surface area contributed by atoms with Crippen LogP contribution in [0.4, 0.5) is 17.6 Å². The first-order chi connectivity index (χ1) is 15.2. The molecule has 0 N–H and O–H groups in total. The van der Waals surface area contributed by atoms with Crippen LogP contribution in [0.3, 0.4) is 0 Å². The van der Waals surface area contributed by atoms with Crippen LogP contribution in [0.15, 0.2) is 6.07 Å². The predicted octanol–water partition coefficient (Wildman–Crippen LogP) is 4.82. The van der Waals surface area contributed by atoms with E-state index in [1.807, 2.05) is 6.92 Å². The number of carbonyl (C=O) groups is 1. The van der Waals surface area contributed by atoms with Crippen LogP contribution in [0.2, 0.25) is 0 Å². The number of nitrogens with zero attached hydrogens (tertiary/aromatic N) is 2. The van der Waals surface area contributed by atoms with Crippen LogP contribution in [0.1, 0.15) is 46.0 Å². The highest BCUT2D eigenvalue weighted by atomic mass is 19.3. The summed E-state index contributed by atoms with van der Waals surface area (Å²) in [6, 6.07) is 0.759. The van der Waals surface area contributed by atoms with E-state index >= 15 is 0 Å². The fraction of sp³-hybridized carbons (Fsp3) is 0.636. The molecule has 1 aromatic carbocycles. The zero-order valence-corrected chi connectivity index (χ0v) is 18.4. The van der Waals surface area contributed by atoms with Crippen LogP contribution < -0.4 is 9.47 Å². The van der Waals surface area contributed by atoms with Gasteiger partial charge in [0.15, 0.2) is 17.4 Å². The van der Waals surface area contributed by atoms with E-state index < -0.39 is 30.4 Å². The SMILES string of the molecule is CC(=O)C[C@@H](C)COC1CCC(Oc2nc3c(F)cc(OCC(F)F)c(F)c3n2C)CC1. The van der Waals surface area contributed by atoms with Gasteiger partial charge in [0.2, 0.25) is 0 Å². The van der Waals surface area contributed by atoms with Crippen molar-refractivity contribution in [1.29, 1.82) is 0 Å². The van der Waals surface area contributed by atoms with Crippen molar-refractivity contribution in [3.8, 4) is 11.8 Å². The standard InChI is InChI=1S/C22H28F4N2O4/c1-12(8-13(2)29)10-30-14-4-6-15(7-5-14)32-22-27-20-16(23)9-17(31-11-18(24)25)19(26)21(20)28(22)3/h9,12,14-15,18H,4-8,10-11H2,1-3H3/t12-,14?,15?/m1/s1. The number of hydrogen-bond acceptors (Lipinski definition) is 5. The Morgan fingerprint density at radius 1 is 1.19 bits per heavy atom. The molecule has 1 aliphatic carbocycles. The molecule has 1 saturated carbocycles. The molecular formula is C22H28F4N2O4. The Morgan fingerprint density at radius 3 is 2.47 bits per heavy atom. The average molecular weight is 460 g/mol. The number of alkyl halides is 2. The van der Waals surface area contributed by atoms with E-state index in [-0.39, 0.29) is 41.0 Å². The van der Waals surface area contributed by atoms with E-state index in [1.165, 1.54) is 11.6 Å². The third-order valence-corrected chi connectivity index (χ3v) is 5.47. The molecule has 1 atom stereocenters. The van der Waals surface area contributed by atoms with Crippen molar-refractivity contribution in [2.24, 2.45) is 13.0 Å². The van der Waals surface area contributed by atoms with E-state index in [9.17, 15) is 22.4 Å². The minimum atomic E-state index is -2.81. The summed E-state index contributed by atoms with van der Waals surface area (Å²) in [6.07, 6.45) is 0.453. The summed E-state index contributed by atoms with van der Waals surface area (Å²) in [4.78, 5) is 15.2. The first-order valence-corrected chi connectivity index (χ1v) is 10.7.